The van der Waals surface area contributed by atoms with Crippen LogP contribution in [0.3, 0.4) is 0 Å². The summed E-state index contributed by atoms with van der Waals surface area (Å²) in [6.45, 7) is 3.00. The maximum atomic E-state index is 12.2. The Bertz CT molecular complexity index is 670. The molecule has 0 atom stereocenters. The van der Waals surface area contributed by atoms with Crippen molar-refractivity contribution in [2.24, 2.45) is 7.05 Å². The van der Waals surface area contributed by atoms with Crippen LogP contribution in [0.5, 0.6) is 5.75 Å². The molecule has 1 amide bonds. The summed E-state index contributed by atoms with van der Waals surface area (Å²) in [7, 11) is 1.76. The summed E-state index contributed by atoms with van der Waals surface area (Å²) in [6.07, 6.45) is 3.08. The van der Waals surface area contributed by atoms with Gasteiger partial charge in [0.05, 0.1) is 12.3 Å². The second kappa shape index (κ2) is 9.33. The van der Waals surface area contributed by atoms with E-state index in [2.05, 4.69) is 10.4 Å². The lowest BCUT2D eigenvalue weighted by Crippen LogP contribution is -2.25. The van der Waals surface area contributed by atoms with Gasteiger partial charge in [-0.05, 0) is 49.9 Å². The molecule has 0 radical (unpaired) electrons. The number of alkyl halides is 1. The first-order valence-electron chi connectivity index (χ1n) is 8.16. The van der Waals surface area contributed by atoms with Crippen molar-refractivity contribution >= 4 is 17.5 Å². The predicted octanol–water partition coefficient (Wildman–Crippen LogP) is 3.45. The molecular weight excluding hydrogens is 326 g/mol. The van der Waals surface area contributed by atoms with Crippen molar-refractivity contribution in [3.63, 3.8) is 0 Å². The number of halogens is 1. The third kappa shape index (κ3) is 5.57. The molecule has 0 saturated carbocycles. The minimum Gasteiger partial charge on any atom is -0.494 e. The van der Waals surface area contributed by atoms with Crippen LogP contribution in [-0.4, -0.2) is 28.2 Å². The first-order chi connectivity index (χ1) is 11.6. The Kier molecular flexibility index (Phi) is 7.12. The highest BCUT2D eigenvalue weighted by molar-refractivity contribution is 6.17. The topological polar surface area (TPSA) is 56.1 Å². The van der Waals surface area contributed by atoms with Crippen LogP contribution in [0.1, 0.15) is 41.0 Å². The average molecular weight is 350 g/mol. The average Bonchev–Trinajstić information content (AvgIpc) is 2.91. The van der Waals surface area contributed by atoms with Gasteiger partial charge in [-0.2, -0.15) is 5.10 Å². The number of nitrogens with zero attached hydrogens (tertiary/aromatic N) is 2. The summed E-state index contributed by atoms with van der Waals surface area (Å²) in [6, 6.07) is 9.56. The Morgan fingerprint density at radius 2 is 2.12 bits per heavy atom. The van der Waals surface area contributed by atoms with Crippen molar-refractivity contribution in [3.8, 4) is 5.75 Å². The number of aromatic nitrogens is 2. The second-order valence-electron chi connectivity index (χ2n) is 5.72. The maximum Gasteiger partial charge on any atom is 0.269 e. The molecule has 2 aromatic rings. The number of nitrogens with one attached hydrogen (secondary N) is 1. The van der Waals surface area contributed by atoms with Gasteiger partial charge in [-0.1, -0.05) is 12.1 Å². The van der Waals surface area contributed by atoms with Gasteiger partial charge < -0.3 is 10.1 Å². The summed E-state index contributed by atoms with van der Waals surface area (Å²) in [4.78, 5) is 12.2. The first-order valence-corrected chi connectivity index (χ1v) is 8.70. The second-order valence-corrected chi connectivity index (χ2v) is 6.10. The number of ether oxygens (including phenoxy) is 1. The molecule has 0 aliphatic heterocycles. The number of carbonyl (C=O) groups excluding carboxylic acids is 1. The van der Waals surface area contributed by atoms with Crippen molar-refractivity contribution in [3.05, 3.63) is 47.3 Å². The quantitative estimate of drug-likeness (QED) is 0.557. The molecule has 1 aromatic heterocycles. The largest absolute Gasteiger partial charge is 0.494 e. The molecule has 0 spiro atoms. The highest BCUT2D eigenvalue weighted by Crippen LogP contribution is 2.14. The van der Waals surface area contributed by atoms with Crippen LogP contribution in [-0.2, 0) is 13.6 Å². The van der Waals surface area contributed by atoms with Crippen molar-refractivity contribution < 1.29 is 9.53 Å². The number of hydrogen-bond donors (Lipinski definition) is 1. The molecule has 1 aromatic carbocycles. The normalized spacial score (nSPS) is 10.6. The molecule has 1 N–H and O–H groups in total. The minimum atomic E-state index is -0.134. The SMILES string of the molecule is Cc1cc(C(=O)NCc2cccc(OCCCCCCl)c2)n(C)n1. The summed E-state index contributed by atoms with van der Waals surface area (Å²) >= 11 is 5.65. The van der Waals surface area contributed by atoms with Crippen molar-refractivity contribution in [2.75, 3.05) is 12.5 Å². The van der Waals surface area contributed by atoms with Gasteiger partial charge in [0, 0.05) is 19.5 Å². The highest BCUT2D eigenvalue weighted by atomic mass is 35.5. The van der Waals surface area contributed by atoms with E-state index in [0.29, 0.717) is 24.7 Å². The smallest absolute Gasteiger partial charge is 0.269 e. The monoisotopic (exact) mass is 349 g/mol. The van der Waals surface area contributed by atoms with Crippen LogP contribution < -0.4 is 10.1 Å². The van der Waals surface area contributed by atoms with E-state index in [-0.39, 0.29) is 5.91 Å². The van der Waals surface area contributed by atoms with E-state index in [9.17, 15) is 4.79 Å². The number of rotatable bonds is 9. The van der Waals surface area contributed by atoms with Crippen LogP contribution in [0.15, 0.2) is 30.3 Å². The van der Waals surface area contributed by atoms with E-state index in [1.807, 2.05) is 31.2 Å². The zero-order valence-corrected chi connectivity index (χ0v) is 15.0. The van der Waals surface area contributed by atoms with E-state index >= 15 is 0 Å². The fourth-order valence-electron chi connectivity index (χ4n) is 2.40. The van der Waals surface area contributed by atoms with Crippen LogP contribution in [0.4, 0.5) is 0 Å². The number of carbonyl (C=O) groups is 1. The maximum absolute atomic E-state index is 12.2. The van der Waals surface area contributed by atoms with Crippen LogP contribution >= 0.6 is 11.6 Å². The molecule has 130 valence electrons. The molecule has 0 unspecified atom stereocenters. The number of benzene rings is 1. The summed E-state index contributed by atoms with van der Waals surface area (Å²) in [5, 5.41) is 7.09. The van der Waals surface area contributed by atoms with Crippen molar-refractivity contribution in [1.82, 2.24) is 15.1 Å². The zero-order chi connectivity index (χ0) is 17.4. The number of amides is 1. The molecular formula is C18H24ClN3O2. The molecule has 5 nitrogen and oxygen atoms in total. The lowest BCUT2D eigenvalue weighted by Gasteiger charge is -2.09. The molecule has 0 fully saturated rings. The van der Waals surface area contributed by atoms with Gasteiger partial charge in [-0.25, -0.2) is 0 Å². The zero-order valence-electron chi connectivity index (χ0n) is 14.2. The molecule has 1 heterocycles. The Hall–Kier alpha value is -2.01. The van der Waals surface area contributed by atoms with E-state index in [4.69, 9.17) is 16.3 Å². The summed E-state index contributed by atoms with van der Waals surface area (Å²) < 4.78 is 7.33. The standard InChI is InChI=1S/C18H24ClN3O2/c1-14-11-17(22(2)21-14)18(23)20-13-15-7-6-8-16(12-15)24-10-5-3-4-9-19/h6-8,11-12H,3-5,9-10,13H2,1-2H3,(H,20,23). The fraction of sp³-hybridized carbons (Fsp3) is 0.444. The number of hydrogen-bond acceptors (Lipinski definition) is 3. The Balaban J connectivity index is 1.83. The van der Waals surface area contributed by atoms with Gasteiger partial charge in [-0.15, -0.1) is 11.6 Å². The minimum absolute atomic E-state index is 0.134. The van der Waals surface area contributed by atoms with Gasteiger partial charge in [-0.3, -0.25) is 9.48 Å². The molecule has 0 saturated heterocycles. The van der Waals surface area contributed by atoms with Gasteiger partial charge in [0.25, 0.3) is 5.91 Å². The van der Waals surface area contributed by atoms with Gasteiger partial charge in [0.2, 0.25) is 0 Å². The van der Waals surface area contributed by atoms with Gasteiger partial charge in [0.15, 0.2) is 0 Å². The van der Waals surface area contributed by atoms with E-state index in [0.717, 1.165) is 36.3 Å². The summed E-state index contributed by atoms with van der Waals surface area (Å²) in [5.41, 5.74) is 2.38. The lowest BCUT2D eigenvalue weighted by atomic mass is 10.2. The van der Waals surface area contributed by atoms with Crippen LogP contribution in [0, 0.1) is 6.92 Å². The predicted molar refractivity (Wildman–Crippen MR) is 95.6 cm³/mol. The Morgan fingerprint density at radius 3 is 2.83 bits per heavy atom. The molecule has 0 aliphatic carbocycles. The van der Waals surface area contributed by atoms with Crippen molar-refractivity contribution in [1.29, 1.82) is 0 Å². The molecule has 24 heavy (non-hydrogen) atoms. The molecule has 0 bridgehead atoms. The third-order valence-corrected chi connectivity index (χ3v) is 3.90. The lowest BCUT2D eigenvalue weighted by molar-refractivity contribution is 0.0941. The molecule has 2 rings (SSSR count). The summed E-state index contributed by atoms with van der Waals surface area (Å²) in [5.74, 6) is 1.39. The fourth-order valence-corrected chi connectivity index (χ4v) is 2.59. The Labute approximate surface area is 148 Å². The molecule has 6 heteroatoms. The number of aryl methyl sites for hydroxylation is 2. The van der Waals surface area contributed by atoms with Crippen LogP contribution in [0.2, 0.25) is 0 Å². The Morgan fingerprint density at radius 1 is 1.29 bits per heavy atom. The highest BCUT2D eigenvalue weighted by Gasteiger charge is 2.11. The molecule has 0 aliphatic rings. The van der Waals surface area contributed by atoms with Gasteiger partial charge >= 0.3 is 0 Å². The van der Waals surface area contributed by atoms with Gasteiger partial charge in [0.1, 0.15) is 11.4 Å². The van der Waals surface area contributed by atoms with E-state index < -0.39 is 0 Å². The van der Waals surface area contributed by atoms with E-state index in [1.165, 1.54) is 0 Å². The van der Waals surface area contributed by atoms with Crippen molar-refractivity contribution in [2.45, 2.75) is 32.7 Å². The third-order valence-electron chi connectivity index (χ3n) is 3.63. The van der Waals surface area contributed by atoms with Crippen LogP contribution in [0.25, 0.3) is 0 Å². The van der Waals surface area contributed by atoms with E-state index in [1.54, 1.807) is 17.8 Å². The first kappa shape index (κ1) is 18.3. The number of unbranched alkanes of at least 4 members (excludes halogenated alkanes) is 2.